The Hall–Kier alpha value is -1.81. The molecule has 0 saturated carbocycles. The summed E-state index contributed by atoms with van der Waals surface area (Å²) in [5, 5.41) is 4.54. The predicted molar refractivity (Wildman–Crippen MR) is 85.4 cm³/mol. The first kappa shape index (κ1) is 15.6. The number of aryl methyl sites for hydroxylation is 2. The molecule has 1 unspecified atom stereocenters. The molecule has 1 heterocycles. The molecule has 0 aliphatic heterocycles. The zero-order valence-corrected chi connectivity index (χ0v) is 13.2. The first-order valence-electron chi connectivity index (χ1n) is 7.65. The third-order valence-corrected chi connectivity index (χ3v) is 3.42. The van der Waals surface area contributed by atoms with Crippen molar-refractivity contribution in [3.63, 3.8) is 0 Å². The highest BCUT2D eigenvalue weighted by Gasteiger charge is 2.07. The van der Waals surface area contributed by atoms with Gasteiger partial charge in [0.25, 0.3) is 0 Å². The summed E-state index contributed by atoms with van der Waals surface area (Å²) in [5.74, 6) is 0.884. The van der Waals surface area contributed by atoms with Crippen molar-refractivity contribution in [2.24, 2.45) is 5.73 Å². The van der Waals surface area contributed by atoms with Crippen LogP contribution in [0.2, 0.25) is 0 Å². The minimum Gasteiger partial charge on any atom is -0.487 e. The van der Waals surface area contributed by atoms with Gasteiger partial charge in [0.1, 0.15) is 12.4 Å². The third-order valence-electron chi connectivity index (χ3n) is 3.42. The largest absolute Gasteiger partial charge is 0.487 e. The van der Waals surface area contributed by atoms with Crippen LogP contribution in [0.5, 0.6) is 5.75 Å². The van der Waals surface area contributed by atoms with Gasteiger partial charge in [-0.25, -0.2) is 0 Å². The summed E-state index contributed by atoms with van der Waals surface area (Å²) in [7, 11) is 0. The van der Waals surface area contributed by atoms with E-state index < -0.39 is 0 Å². The smallest absolute Gasteiger partial charge is 0.130 e. The number of benzene rings is 1. The van der Waals surface area contributed by atoms with Crippen molar-refractivity contribution in [3.8, 4) is 5.75 Å². The number of rotatable bonds is 7. The molecule has 1 aromatic heterocycles. The Balaban J connectivity index is 2.04. The summed E-state index contributed by atoms with van der Waals surface area (Å²) < 4.78 is 7.92. The molecule has 0 fully saturated rings. The van der Waals surface area contributed by atoms with Gasteiger partial charge in [-0.1, -0.05) is 19.1 Å². The van der Waals surface area contributed by atoms with Gasteiger partial charge in [0.15, 0.2) is 0 Å². The van der Waals surface area contributed by atoms with Crippen molar-refractivity contribution in [1.29, 1.82) is 0 Å². The summed E-state index contributed by atoms with van der Waals surface area (Å²) in [4.78, 5) is 0. The molecular weight excluding hydrogens is 262 g/mol. The summed E-state index contributed by atoms with van der Waals surface area (Å²) in [6.45, 7) is 7.63. The zero-order chi connectivity index (χ0) is 15.2. The van der Waals surface area contributed by atoms with Gasteiger partial charge in [0.2, 0.25) is 0 Å². The Morgan fingerprint density at radius 3 is 2.76 bits per heavy atom. The Morgan fingerprint density at radius 1 is 1.29 bits per heavy atom. The molecule has 0 aliphatic carbocycles. The molecule has 4 heteroatoms. The highest BCUT2D eigenvalue weighted by atomic mass is 16.5. The third kappa shape index (κ3) is 4.33. The maximum atomic E-state index is 5.91. The topological polar surface area (TPSA) is 53.1 Å². The van der Waals surface area contributed by atoms with E-state index >= 15 is 0 Å². The molecule has 21 heavy (non-hydrogen) atoms. The van der Waals surface area contributed by atoms with Crippen molar-refractivity contribution in [2.75, 3.05) is 0 Å². The van der Waals surface area contributed by atoms with Gasteiger partial charge < -0.3 is 10.5 Å². The molecule has 4 nitrogen and oxygen atoms in total. The van der Waals surface area contributed by atoms with E-state index in [1.807, 2.05) is 23.7 Å². The molecule has 0 saturated heterocycles. The molecule has 114 valence electrons. The van der Waals surface area contributed by atoms with E-state index in [1.54, 1.807) is 0 Å². The minimum absolute atomic E-state index is 0.161. The molecule has 0 radical (unpaired) electrons. The average molecular weight is 287 g/mol. The minimum atomic E-state index is 0.161. The van der Waals surface area contributed by atoms with Gasteiger partial charge in [-0.05, 0) is 50.5 Å². The van der Waals surface area contributed by atoms with E-state index in [1.165, 1.54) is 5.56 Å². The number of ether oxygens (including phenoxy) is 1. The molecule has 1 aromatic carbocycles. The summed E-state index contributed by atoms with van der Waals surface area (Å²) >= 11 is 0. The molecule has 2 aromatic rings. The van der Waals surface area contributed by atoms with E-state index in [0.717, 1.165) is 36.5 Å². The summed E-state index contributed by atoms with van der Waals surface area (Å²) in [5.41, 5.74) is 9.28. The van der Waals surface area contributed by atoms with Crippen LogP contribution in [0.4, 0.5) is 0 Å². The van der Waals surface area contributed by atoms with Crippen molar-refractivity contribution < 1.29 is 4.74 Å². The lowest BCUT2D eigenvalue weighted by atomic mass is 10.1. The van der Waals surface area contributed by atoms with E-state index in [4.69, 9.17) is 10.5 Å². The lowest BCUT2D eigenvalue weighted by molar-refractivity contribution is 0.292. The molecule has 2 N–H and O–H groups in total. The number of hydrogen-bond acceptors (Lipinski definition) is 3. The van der Waals surface area contributed by atoms with Crippen molar-refractivity contribution in [2.45, 2.75) is 52.8 Å². The molecule has 0 aliphatic rings. The molecule has 1 atom stereocenters. The zero-order valence-electron chi connectivity index (χ0n) is 13.2. The fraction of sp³-hybridized carbons (Fsp3) is 0.471. The maximum Gasteiger partial charge on any atom is 0.130 e. The van der Waals surface area contributed by atoms with Gasteiger partial charge in [0, 0.05) is 12.6 Å². The fourth-order valence-electron chi connectivity index (χ4n) is 2.37. The van der Waals surface area contributed by atoms with Gasteiger partial charge >= 0.3 is 0 Å². The standard InChI is InChI=1S/C17H25N3O/c1-4-15-11-16(20(5-2)19-15)12-21-17-8-6-7-14(10-17)9-13(3)18/h6-8,10-11,13H,4-5,9,12,18H2,1-3H3. The first-order valence-corrected chi connectivity index (χ1v) is 7.65. The van der Waals surface area contributed by atoms with Crippen LogP contribution in [0.3, 0.4) is 0 Å². The van der Waals surface area contributed by atoms with Crippen LogP contribution in [0, 0.1) is 0 Å². The normalized spacial score (nSPS) is 12.4. The summed E-state index contributed by atoms with van der Waals surface area (Å²) in [6.07, 6.45) is 1.81. The second-order valence-electron chi connectivity index (χ2n) is 5.41. The van der Waals surface area contributed by atoms with Crippen molar-refractivity contribution in [1.82, 2.24) is 9.78 Å². The van der Waals surface area contributed by atoms with Crippen LogP contribution in [-0.4, -0.2) is 15.8 Å². The number of aromatic nitrogens is 2. The number of nitrogens with two attached hydrogens (primary N) is 1. The molecule has 2 rings (SSSR count). The number of hydrogen-bond donors (Lipinski definition) is 1. The van der Waals surface area contributed by atoms with E-state index in [-0.39, 0.29) is 6.04 Å². The summed E-state index contributed by atoms with van der Waals surface area (Å²) in [6, 6.07) is 10.4. The SMILES string of the molecule is CCc1cc(COc2cccc(CC(C)N)c2)n(CC)n1. The second-order valence-corrected chi connectivity index (χ2v) is 5.41. The molecular formula is C17H25N3O. The highest BCUT2D eigenvalue weighted by Crippen LogP contribution is 2.17. The van der Waals surface area contributed by atoms with Crippen LogP contribution >= 0.6 is 0 Å². The van der Waals surface area contributed by atoms with Crippen molar-refractivity contribution >= 4 is 0 Å². The van der Waals surface area contributed by atoms with Crippen molar-refractivity contribution in [3.05, 3.63) is 47.3 Å². The maximum absolute atomic E-state index is 5.91. The lowest BCUT2D eigenvalue weighted by Crippen LogP contribution is -2.17. The van der Waals surface area contributed by atoms with Crippen LogP contribution in [0.25, 0.3) is 0 Å². The molecule has 0 spiro atoms. The Bertz CT molecular complexity index is 575. The Morgan fingerprint density at radius 2 is 2.10 bits per heavy atom. The highest BCUT2D eigenvalue weighted by molar-refractivity contribution is 5.29. The van der Waals surface area contributed by atoms with Crippen LogP contribution < -0.4 is 10.5 Å². The fourth-order valence-corrected chi connectivity index (χ4v) is 2.37. The Labute approximate surface area is 126 Å². The van der Waals surface area contributed by atoms with Crippen LogP contribution in [0.1, 0.15) is 37.7 Å². The second kappa shape index (κ2) is 7.27. The average Bonchev–Trinajstić information content (AvgIpc) is 2.87. The van der Waals surface area contributed by atoms with E-state index in [0.29, 0.717) is 6.61 Å². The van der Waals surface area contributed by atoms with Gasteiger partial charge in [-0.3, -0.25) is 4.68 Å². The van der Waals surface area contributed by atoms with E-state index in [2.05, 4.69) is 37.1 Å². The van der Waals surface area contributed by atoms with Gasteiger partial charge in [-0.15, -0.1) is 0 Å². The first-order chi connectivity index (χ1) is 10.1. The van der Waals surface area contributed by atoms with Crippen LogP contribution in [0.15, 0.2) is 30.3 Å². The predicted octanol–water partition coefficient (Wildman–Crippen LogP) is 2.93. The lowest BCUT2D eigenvalue weighted by Gasteiger charge is -2.10. The quantitative estimate of drug-likeness (QED) is 0.852. The monoisotopic (exact) mass is 287 g/mol. The van der Waals surface area contributed by atoms with E-state index in [9.17, 15) is 0 Å². The number of nitrogens with zero attached hydrogens (tertiary/aromatic N) is 2. The molecule has 0 bridgehead atoms. The van der Waals surface area contributed by atoms with Gasteiger partial charge in [-0.2, -0.15) is 5.10 Å². The van der Waals surface area contributed by atoms with Gasteiger partial charge in [0.05, 0.1) is 11.4 Å². The Kier molecular flexibility index (Phi) is 5.39. The molecule has 0 amide bonds. The van der Waals surface area contributed by atoms with Crippen LogP contribution in [-0.2, 0) is 26.0 Å².